The Morgan fingerprint density at radius 3 is 2.47 bits per heavy atom. The van der Waals surface area contributed by atoms with Crippen molar-refractivity contribution in [2.45, 2.75) is 88.3 Å². The number of benzene rings is 2. The predicted molar refractivity (Wildman–Crippen MR) is 194 cm³/mol. The number of ether oxygens (including phenoxy) is 3. The summed E-state index contributed by atoms with van der Waals surface area (Å²) in [6.07, 6.45) is 2.57. The lowest BCUT2D eigenvalue weighted by atomic mass is 9.95. The number of aliphatic hydroxyl groups is 1. The molecule has 0 aliphatic carbocycles. The Morgan fingerprint density at radius 2 is 1.80 bits per heavy atom. The van der Waals surface area contributed by atoms with E-state index < -0.39 is 25.8 Å². The summed E-state index contributed by atoms with van der Waals surface area (Å²) < 4.78 is 50.6. The largest absolute Gasteiger partial charge is 0.475 e. The number of fused-ring (bicyclic) bond motifs is 3. The van der Waals surface area contributed by atoms with E-state index in [0.717, 1.165) is 6.42 Å². The van der Waals surface area contributed by atoms with E-state index in [1.54, 1.807) is 18.2 Å². The number of halogens is 2. The molecule has 260 valence electrons. The first-order valence-corrected chi connectivity index (χ1v) is 20.3. The van der Waals surface area contributed by atoms with Crippen LogP contribution in [-0.2, 0) is 4.74 Å². The van der Waals surface area contributed by atoms with E-state index >= 15 is 8.78 Å². The lowest BCUT2D eigenvalue weighted by Crippen LogP contribution is -2.51. The van der Waals surface area contributed by atoms with Crippen molar-refractivity contribution in [3.63, 3.8) is 0 Å². The highest BCUT2D eigenvalue weighted by Crippen LogP contribution is 2.45. The molecule has 0 spiro atoms. The minimum atomic E-state index is -2.27. The van der Waals surface area contributed by atoms with E-state index in [2.05, 4.69) is 58.0 Å². The van der Waals surface area contributed by atoms with Crippen LogP contribution < -0.4 is 14.4 Å². The highest BCUT2D eigenvalue weighted by molar-refractivity contribution is 7.98. The first kappa shape index (κ1) is 35.3. The average molecular weight is 707 g/mol. The number of anilines is 1. The van der Waals surface area contributed by atoms with Gasteiger partial charge in [0.1, 0.15) is 48.7 Å². The van der Waals surface area contributed by atoms with Crippen LogP contribution in [0.3, 0.4) is 0 Å². The number of methoxy groups -OCH3 is 1. The van der Waals surface area contributed by atoms with Crippen LogP contribution in [0, 0.1) is 23.1 Å². The summed E-state index contributed by atoms with van der Waals surface area (Å²) in [4.78, 5) is 16.2. The number of thioether (sulfide) groups is 1. The van der Waals surface area contributed by atoms with Gasteiger partial charge in [0.25, 0.3) is 0 Å². The summed E-state index contributed by atoms with van der Waals surface area (Å²) in [6.45, 7) is 14.0. The molecule has 0 bridgehead atoms. The van der Waals surface area contributed by atoms with E-state index in [4.69, 9.17) is 24.2 Å². The third kappa shape index (κ3) is 6.13. The van der Waals surface area contributed by atoms with Gasteiger partial charge in [-0.1, -0.05) is 65.3 Å². The van der Waals surface area contributed by atoms with Crippen LogP contribution in [0.25, 0.3) is 32.9 Å². The van der Waals surface area contributed by atoms with E-state index in [-0.39, 0.29) is 42.1 Å². The van der Waals surface area contributed by atoms with Crippen LogP contribution in [0.5, 0.6) is 11.6 Å². The summed E-state index contributed by atoms with van der Waals surface area (Å²) in [6, 6.07) is 6.09. The minimum Gasteiger partial charge on any atom is -0.475 e. The normalized spacial score (nSPS) is 17.7. The van der Waals surface area contributed by atoms with Crippen molar-refractivity contribution in [1.82, 2.24) is 15.0 Å². The number of piperidine rings is 1. The molecule has 1 N–H and O–H groups in total. The number of nitrogens with zero attached hydrogens (tertiary/aromatic N) is 4. The molecule has 12 heteroatoms. The highest BCUT2D eigenvalue weighted by atomic mass is 32.2. The second kappa shape index (κ2) is 14.0. The summed E-state index contributed by atoms with van der Waals surface area (Å²) in [5.41, 5.74) is 5.11. The summed E-state index contributed by atoms with van der Waals surface area (Å²) in [5, 5.41) is 12.7. The van der Waals surface area contributed by atoms with E-state index in [0.29, 0.717) is 68.0 Å². The van der Waals surface area contributed by atoms with Gasteiger partial charge < -0.3 is 24.2 Å². The van der Waals surface area contributed by atoms with Gasteiger partial charge >= 0.3 is 0 Å². The Kier molecular flexibility index (Phi) is 10.1. The van der Waals surface area contributed by atoms with Crippen LogP contribution >= 0.6 is 11.8 Å². The second-order valence-corrected chi connectivity index (χ2v) is 20.2. The molecule has 2 atom stereocenters. The van der Waals surface area contributed by atoms with Crippen molar-refractivity contribution in [2.24, 2.45) is 0 Å². The van der Waals surface area contributed by atoms with Gasteiger partial charge in [0.05, 0.1) is 17.7 Å². The number of aromatic nitrogens is 3. The number of hydrogen-bond donors (Lipinski definition) is 1. The third-order valence-electron chi connectivity index (χ3n) is 10.2. The molecule has 0 radical (unpaired) electrons. The Labute approximate surface area is 292 Å². The third-order valence-corrected chi connectivity index (χ3v) is 17.0. The maximum atomic E-state index is 17.2. The van der Waals surface area contributed by atoms with Gasteiger partial charge in [0.15, 0.2) is 17.8 Å². The van der Waals surface area contributed by atoms with Gasteiger partial charge in [-0.05, 0) is 59.3 Å². The molecular formula is C37H44F2N4O4SSi. The molecule has 1 saturated heterocycles. The van der Waals surface area contributed by atoms with Gasteiger partial charge in [0.2, 0.25) is 5.88 Å². The molecule has 2 aliphatic heterocycles. The van der Waals surface area contributed by atoms with E-state index in [9.17, 15) is 5.11 Å². The molecule has 0 amide bonds. The van der Waals surface area contributed by atoms with Crippen molar-refractivity contribution in [1.29, 1.82) is 0 Å². The first-order valence-electron chi connectivity index (χ1n) is 16.9. The highest BCUT2D eigenvalue weighted by Gasteiger charge is 2.42. The fourth-order valence-corrected chi connectivity index (χ4v) is 13.5. The lowest BCUT2D eigenvalue weighted by molar-refractivity contribution is 0.0512. The average Bonchev–Trinajstić information content (AvgIpc) is 3.23. The van der Waals surface area contributed by atoms with Crippen LogP contribution in [-0.4, -0.2) is 73.6 Å². The molecule has 0 saturated carbocycles. The van der Waals surface area contributed by atoms with E-state index in [1.807, 2.05) is 11.2 Å². The maximum absolute atomic E-state index is 17.2. The SMILES string of the molecule is COCOc1cc(-c2nc3c4c(nc(SC)nc4c2F)N2CCC[C@@H](O)[C@H]2CO3)c2c(C#C[Si](C(C)C)(C(C)C)C(C)C)c(F)ccc2c1. The van der Waals surface area contributed by atoms with Crippen molar-refractivity contribution >= 4 is 47.3 Å². The zero-order valence-electron chi connectivity index (χ0n) is 29.4. The van der Waals surface area contributed by atoms with Gasteiger partial charge in [0, 0.05) is 24.6 Å². The zero-order valence-corrected chi connectivity index (χ0v) is 31.2. The molecule has 8 nitrogen and oxygen atoms in total. The summed E-state index contributed by atoms with van der Waals surface area (Å²) >= 11 is 1.30. The standard InChI is InChI=1S/C37H44F2N4O4SSi/c1-20(2)49(21(3)4,22(5)6)15-13-25-27(38)12-11-23-16-24(47-19-45-7)17-26(30(23)25)33-32(39)34-31-35(42-37(41-34)48-8)43-14-9-10-29(44)28(43)18-46-36(31)40-33/h11-12,16-17,20-22,28-29,44H,9-10,14,18-19H2,1-8H3/t28-,29-/m1/s1. The molecule has 4 aromatic rings. The van der Waals surface area contributed by atoms with E-state index in [1.165, 1.54) is 24.9 Å². The Morgan fingerprint density at radius 1 is 1.06 bits per heavy atom. The van der Waals surface area contributed by atoms with Crippen LogP contribution in [0.2, 0.25) is 16.6 Å². The summed E-state index contributed by atoms with van der Waals surface area (Å²) in [5.74, 6) is 3.16. The molecule has 2 aromatic carbocycles. The molecule has 1 fully saturated rings. The maximum Gasteiger partial charge on any atom is 0.227 e. The summed E-state index contributed by atoms with van der Waals surface area (Å²) in [7, 11) is -0.753. The molecule has 0 unspecified atom stereocenters. The van der Waals surface area contributed by atoms with Gasteiger partial charge in [-0.2, -0.15) is 0 Å². The number of hydrogen-bond acceptors (Lipinski definition) is 9. The molecular weight excluding hydrogens is 663 g/mol. The van der Waals surface area contributed by atoms with Gasteiger partial charge in [-0.15, -0.1) is 5.54 Å². The molecule has 4 heterocycles. The van der Waals surface area contributed by atoms with Crippen molar-refractivity contribution in [2.75, 3.05) is 38.2 Å². The Bertz CT molecular complexity index is 1940. The van der Waals surface area contributed by atoms with Gasteiger partial charge in [-0.25, -0.2) is 23.7 Å². The lowest BCUT2D eigenvalue weighted by Gasteiger charge is -2.38. The fraction of sp³-hybridized carbons (Fsp3) is 0.486. The molecule has 6 rings (SSSR count). The number of rotatable bonds is 8. The predicted octanol–water partition coefficient (Wildman–Crippen LogP) is 8.12. The van der Waals surface area contributed by atoms with Crippen molar-refractivity contribution < 1.29 is 28.1 Å². The quantitative estimate of drug-likeness (QED) is 0.0642. The fourth-order valence-electron chi connectivity index (χ4n) is 7.89. The second-order valence-electron chi connectivity index (χ2n) is 13.8. The van der Waals surface area contributed by atoms with Crippen LogP contribution in [0.15, 0.2) is 29.4 Å². The van der Waals surface area contributed by atoms with Gasteiger partial charge in [-0.3, -0.25) is 0 Å². The minimum absolute atomic E-state index is 0.0424. The monoisotopic (exact) mass is 706 g/mol. The Hall–Kier alpha value is -3.50. The zero-order chi connectivity index (χ0) is 35.2. The van der Waals surface area contributed by atoms with Crippen molar-refractivity contribution in [3.05, 3.63) is 41.5 Å². The number of aliphatic hydroxyl groups excluding tert-OH is 1. The molecule has 2 aromatic heterocycles. The Balaban J connectivity index is 1.68. The molecule has 49 heavy (non-hydrogen) atoms. The first-order chi connectivity index (χ1) is 23.4. The molecule has 2 aliphatic rings. The van der Waals surface area contributed by atoms with Crippen LogP contribution in [0.1, 0.15) is 59.9 Å². The number of pyridine rings is 1. The topological polar surface area (TPSA) is 89.8 Å². The van der Waals surface area contributed by atoms with Crippen LogP contribution in [0.4, 0.5) is 14.6 Å². The van der Waals surface area contributed by atoms with Crippen molar-refractivity contribution in [3.8, 4) is 34.4 Å². The smallest absolute Gasteiger partial charge is 0.227 e.